The van der Waals surface area contributed by atoms with Crippen LogP contribution < -0.4 is 5.32 Å². The summed E-state index contributed by atoms with van der Waals surface area (Å²) in [7, 11) is 0. The summed E-state index contributed by atoms with van der Waals surface area (Å²) >= 11 is 19.3. The molecule has 0 radical (unpaired) electrons. The van der Waals surface area contributed by atoms with E-state index in [0.29, 0.717) is 25.9 Å². The molecule has 0 aliphatic heterocycles. The van der Waals surface area contributed by atoms with Gasteiger partial charge in [0.1, 0.15) is 0 Å². The van der Waals surface area contributed by atoms with Crippen molar-refractivity contribution in [1.82, 2.24) is 19.7 Å². The molecule has 0 spiro atoms. The van der Waals surface area contributed by atoms with E-state index in [0.717, 1.165) is 24.4 Å². The topological polar surface area (TPSA) is 72.7 Å². The van der Waals surface area contributed by atoms with Crippen molar-refractivity contribution in [3.05, 3.63) is 51.7 Å². The molecule has 28 heavy (non-hydrogen) atoms. The molecule has 3 aromatic rings. The SMILES string of the molecule is CCCn1c(SCC(=O)Nc2cc(Cl)c(Cl)cc2Cl)nnc1-c1ccncc1. The number of rotatable bonds is 7. The summed E-state index contributed by atoms with van der Waals surface area (Å²) in [5, 5.41) is 12.9. The Morgan fingerprint density at radius 1 is 1.11 bits per heavy atom. The molecule has 10 heteroatoms. The lowest BCUT2D eigenvalue weighted by atomic mass is 10.2. The van der Waals surface area contributed by atoms with Crippen molar-refractivity contribution >= 4 is 58.2 Å². The van der Waals surface area contributed by atoms with Gasteiger partial charge in [0.05, 0.1) is 26.5 Å². The maximum atomic E-state index is 12.3. The Morgan fingerprint density at radius 2 is 1.82 bits per heavy atom. The molecule has 2 heterocycles. The molecule has 3 rings (SSSR count). The van der Waals surface area contributed by atoms with Gasteiger partial charge in [-0.2, -0.15) is 0 Å². The second-order valence-corrected chi connectivity index (χ2v) is 7.94. The van der Waals surface area contributed by atoms with Gasteiger partial charge in [0, 0.05) is 24.5 Å². The Bertz CT molecular complexity index is 981. The molecule has 0 bridgehead atoms. The van der Waals surface area contributed by atoms with E-state index in [2.05, 4.69) is 27.4 Å². The fourth-order valence-electron chi connectivity index (χ4n) is 2.47. The number of hydrogen-bond donors (Lipinski definition) is 1. The third-order valence-electron chi connectivity index (χ3n) is 3.72. The van der Waals surface area contributed by atoms with Crippen molar-refractivity contribution in [2.24, 2.45) is 0 Å². The van der Waals surface area contributed by atoms with Crippen molar-refractivity contribution < 1.29 is 4.79 Å². The molecular weight excluding hydrogens is 441 g/mol. The number of anilines is 1. The zero-order chi connectivity index (χ0) is 20.1. The highest BCUT2D eigenvalue weighted by molar-refractivity contribution is 7.99. The van der Waals surface area contributed by atoms with Crippen molar-refractivity contribution in [2.75, 3.05) is 11.1 Å². The largest absolute Gasteiger partial charge is 0.324 e. The molecule has 0 saturated carbocycles. The van der Waals surface area contributed by atoms with Crippen molar-refractivity contribution in [3.8, 4) is 11.4 Å². The predicted octanol–water partition coefficient (Wildman–Crippen LogP) is 5.44. The number of nitrogens with zero attached hydrogens (tertiary/aromatic N) is 4. The number of aromatic nitrogens is 4. The van der Waals surface area contributed by atoms with Gasteiger partial charge in [0.2, 0.25) is 5.91 Å². The molecule has 1 aromatic carbocycles. The number of pyridine rings is 1. The van der Waals surface area contributed by atoms with Crippen molar-refractivity contribution in [3.63, 3.8) is 0 Å². The van der Waals surface area contributed by atoms with Gasteiger partial charge >= 0.3 is 0 Å². The van der Waals surface area contributed by atoms with Gasteiger partial charge in [0.15, 0.2) is 11.0 Å². The fourth-order valence-corrected chi connectivity index (χ4v) is 3.83. The Kier molecular flexibility index (Phi) is 7.18. The first-order chi connectivity index (χ1) is 13.5. The maximum Gasteiger partial charge on any atom is 0.234 e. The summed E-state index contributed by atoms with van der Waals surface area (Å²) in [5.41, 5.74) is 1.34. The van der Waals surface area contributed by atoms with E-state index in [1.54, 1.807) is 12.4 Å². The minimum atomic E-state index is -0.234. The Hall–Kier alpha value is -1.80. The van der Waals surface area contributed by atoms with Crippen molar-refractivity contribution in [2.45, 2.75) is 25.0 Å². The van der Waals surface area contributed by atoms with Crippen LogP contribution in [0.3, 0.4) is 0 Å². The summed E-state index contributed by atoms with van der Waals surface area (Å²) in [6.45, 7) is 2.82. The molecule has 0 saturated heterocycles. The van der Waals surface area contributed by atoms with Crippen LogP contribution in [-0.2, 0) is 11.3 Å². The Morgan fingerprint density at radius 3 is 2.54 bits per heavy atom. The van der Waals surface area contributed by atoms with Gasteiger partial charge in [0.25, 0.3) is 0 Å². The predicted molar refractivity (Wildman–Crippen MR) is 114 cm³/mol. The number of hydrogen-bond acceptors (Lipinski definition) is 5. The average Bonchev–Trinajstić information content (AvgIpc) is 3.08. The van der Waals surface area contributed by atoms with Gasteiger partial charge in [-0.1, -0.05) is 53.5 Å². The van der Waals surface area contributed by atoms with Gasteiger partial charge in [-0.25, -0.2) is 0 Å². The summed E-state index contributed by atoms with van der Waals surface area (Å²) in [4.78, 5) is 16.4. The van der Waals surface area contributed by atoms with E-state index >= 15 is 0 Å². The van der Waals surface area contributed by atoms with Gasteiger partial charge in [-0.3, -0.25) is 9.78 Å². The number of carbonyl (C=O) groups excluding carboxylic acids is 1. The van der Waals surface area contributed by atoms with Crippen molar-refractivity contribution in [1.29, 1.82) is 0 Å². The number of halogens is 3. The molecule has 0 unspecified atom stereocenters. The molecule has 1 N–H and O–H groups in total. The molecule has 146 valence electrons. The molecule has 1 amide bonds. The first kappa shape index (κ1) is 20.9. The minimum Gasteiger partial charge on any atom is -0.324 e. The molecule has 2 aromatic heterocycles. The first-order valence-corrected chi connectivity index (χ1v) is 10.5. The summed E-state index contributed by atoms with van der Waals surface area (Å²) in [6, 6.07) is 6.77. The zero-order valence-corrected chi connectivity index (χ0v) is 17.9. The molecule has 0 aliphatic carbocycles. The third kappa shape index (κ3) is 4.97. The monoisotopic (exact) mass is 455 g/mol. The van der Waals surface area contributed by atoms with E-state index in [-0.39, 0.29) is 11.7 Å². The lowest BCUT2D eigenvalue weighted by Gasteiger charge is -2.10. The van der Waals surface area contributed by atoms with Crippen LogP contribution >= 0.6 is 46.6 Å². The lowest BCUT2D eigenvalue weighted by Crippen LogP contribution is -2.15. The fraction of sp³-hybridized carbons (Fsp3) is 0.222. The van der Waals surface area contributed by atoms with E-state index in [1.165, 1.54) is 23.9 Å². The summed E-state index contributed by atoms with van der Waals surface area (Å²) in [5.74, 6) is 0.663. The highest BCUT2D eigenvalue weighted by atomic mass is 35.5. The summed E-state index contributed by atoms with van der Waals surface area (Å²) in [6.07, 6.45) is 4.33. The number of carbonyl (C=O) groups is 1. The third-order valence-corrected chi connectivity index (χ3v) is 5.72. The highest BCUT2D eigenvalue weighted by Gasteiger charge is 2.16. The number of thioether (sulfide) groups is 1. The molecule has 6 nitrogen and oxygen atoms in total. The average molecular weight is 457 g/mol. The van der Waals surface area contributed by atoms with Crippen LogP contribution in [0.1, 0.15) is 13.3 Å². The molecule has 0 aliphatic rings. The second-order valence-electron chi connectivity index (χ2n) is 5.78. The molecule has 0 fully saturated rings. The first-order valence-electron chi connectivity index (χ1n) is 8.40. The normalized spacial score (nSPS) is 10.9. The maximum absolute atomic E-state index is 12.3. The van der Waals surface area contributed by atoms with Crippen LogP contribution in [0.15, 0.2) is 41.8 Å². The minimum absolute atomic E-state index is 0.148. The Labute approximate surface area is 181 Å². The van der Waals surface area contributed by atoms with Crippen LogP contribution in [0.5, 0.6) is 0 Å². The van der Waals surface area contributed by atoms with E-state index in [4.69, 9.17) is 34.8 Å². The van der Waals surface area contributed by atoms with Gasteiger partial charge < -0.3 is 9.88 Å². The van der Waals surface area contributed by atoms with Gasteiger partial charge in [-0.15, -0.1) is 10.2 Å². The number of benzene rings is 1. The standard InChI is InChI=1S/C18H16Cl3N5OS/c1-2-7-26-17(11-3-5-22-6-4-11)24-25-18(26)28-10-16(27)23-15-9-13(20)12(19)8-14(15)21/h3-6,8-9H,2,7,10H2,1H3,(H,23,27). The lowest BCUT2D eigenvalue weighted by molar-refractivity contribution is -0.113. The van der Waals surface area contributed by atoms with E-state index in [9.17, 15) is 4.79 Å². The quantitative estimate of drug-likeness (QED) is 0.378. The zero-order valence-electron chi connectivity index (χ0n) is 14.8. The Balaban J connectivity index is 1.71. The highest BCUT2D eigenvalue weighted by Crippen LogP contribution is 2.32. The van der Waals surface area contributed by atoms with Crippen LogP contribution in [0.25, 0.3) is 11.4 Å². The van der Waals surface area contributed by atoms with Crippen LogP contribution in [-0.4, -0.2) is 31.4 Å². The molecule has 0 atom stereocenters. The van der Waals surface area contributed by atoms with E-state index < -0.39 is 0 Å². The number of nitrogens with one attached hydrogen (secondary N) is 1. The molecular formula is C18H16Cl3N5OS. The second kappa shape index (κ2) is 9.60. The van der Waals surface area contributed by atoms with Crippen LogP contribution in [0.2, 0.25) is 15.1 Å². The van der Waals surface area contributed by atoms with E-state index in [1.807, 2.05) is 16.7 Å². The smallest absolute Gasteiger partial charge is 0.234 e. The van der Waals surface area contributed by atoms with Crippen LogP contribution in [0.4, 0.5) is 5.69 Å². The summed E-state index contributed by atoms with van der Waals surface area (Å²) < 4.78 is 2.00. The van der Waals surface area contributed by atoms with Gasteiger partial charge in [-0.05, 0) is 30.7 Å². The number of amides is 1. The van der Waals surface area contributed by atoms with Crippen LogP contribution in [0, 0.1) is 0 Å².